The number of carboxylic acid groups (broad SMARTS) is 1. The summed E-state index contributed by atoms with van der Waals surface area (Å²) in [6.45, 7) is 0. The number of hydrogen-bond donors (Lipinski definition) is 1. The molecular weight excluding hydrogens is 420 g/mol. The quantitative estimate of drug-likeness (QED) is 0.415. The first kappa shape index (κ1) is 20.3. The Morgan fingerprint density at radius 1 is 1.03 bits per heavy atom. The van der Waals surface area contributed by atoms with Gasteiger partial charge in [0, 0.05) is 5.39 Å². The molecule has 0 aliphatic carbocycles. The summed E-state index contributed by atoms with van der Waals surface area (Å²) in [6.07, 6.45) is 3.43. The monoisotopic (exact) mass is 438 g/mol. The van der Waals surface area contributed by atoms with Gasteiger partial charge in [-0.2, -0.15) is 0 Å². The third-order valence-corrected chi connectivity index (χ3v) is 5.32. The van der Waals surface area contributed by atoms with E-state index in [2.05, 4.69) is 4.98 Å². The number of methoxy groups -OCH3 is 1. The van der Waals surface area contributed by atoms with Crippen LogP contribution in [-0.2, 0) is 0 Å². The normalized spacial score (nSPS) is 11.4. The van der Waals surface area contributed by atoms with Gasteiger partial charge in [-0.25, -0.2) is 9.78 Å². The van der Waals surface area contributed by atoms with E-state index in [0.29, 0.717) is 39.5 Å². The van der Waals surface area contributed by atoms with Gasteiger partial charge in [0.1, 0.15) is 11.6 Å². The molecule has 0 bridgehead atoms. The summed E-state index contributed by atoms with van der Waals surface area (Å²) in [5.41, 5.74) is 1.58. The number of hydrogen-bond acceptors (Lipinski definition) is 5. The zero-order chi connectivity index (χ0) is 22.9. The van der Waals surface area contributed by atoms with Crippen molar-refractivity contribution in [3.8, 4) is 11.4 Å². The minimum absolute atomic E-state index is 0.133. The molecule has 5 aromatic rings. The summed E-state index contributed by atoms with van der Waals surface area (Å²) in [6, 6.07) is 20.7. The molecule has 0 unspecified atom stereocenters. The van der Waals surface area contributed by atoms with Crippen molar-refractivity contribution in [3.05, 3.63) is 100 Å². The van der Waals surface area contributed by atoms with Gasteiger partial charge in [-0.15, -0.1) is 0 Å². The minimum Gasteiger partial charge on any atom is -0.493 e. The van der Waals surface area contributed by atoms with Crippen LogP contribution in [0.25, 0.3) is 39.7 Å². The van der Waals surface area contributed by atoms with Crippen LogP contribution < -0.4 is 10.3 Å². The maximum absolute atomic E-state index is 13.3. The molecule has 33 heavy (non-hydrogen) atoms. The number of fused-ring (bicyclic) bond motifs is 2. The van der Waals surface area contributed by atoms with E-state index in [1.165, 1.54) is 16.7 Å². The predicted octanol–water partition coefficient (Wildman–Crippen LogP) is 5.01. The van der Waals surface area contributed by atoms with Gasteiger partial charge in [0.2, 0.25) is 0 Å². The lowest BCUT2D eigenvalue weighted by Crippen LogP contribution is -2.22. The molecule has 0 amide bonds. The van der Waals surface area contributed by atoms with Gasteiger partial charge in [0.05, 0.1) is 29.3 Å². The summed E-state index contributed by atoms with van der Waals surface area (Å²) >= 11 is 0. The van der Waals surface area contributed by atoms with E-state index < -0.39 is 5.97 Å². The van der Waals surface area contributed by atoms with Crippen LogP contribution in [0.4, 0.5) is 0 Å². The van der Waals surface area contributed by atoms with Crippen LogP contribution in [0.3, 0.4) is 0 Å². The lowest BCUT2D eigenvalue weighted by Gasteiger charge is -2.11. The summed E-state index contributed by atoms with van der Waals surface area (Å²) < 4.78 is 12.7. The van der Waals surface area contributed by atoms with E-state index in [0.717, 1.165) is 5.39 Å². The summed E-state index contributed by atoms with van der Waals surface area (Å²) in [4.78, 5) is 29.2. The van der Waals surface area contributed by atoms with E-state index in [1.807, 2.05) is 30.3 Å². The Morgan fingerprint density at radius 3 is 2.58 bits per heavy atom. The van der Waals surface area contributed by atoms with E-state index in [9.17, 15) is 14.7 Å². The van der Waals surface area contributed by atoms with Crippen LogP contribution in [0.2, 0.25) is 0 Å². The summed E-state index contributed by atoms with van der Waals surface area (Å²) in [5.74, 6) is 0.552. The zero-order valence-electron chi connectivity index (χ0n) is 17.6. The number of carbonyl (C=O) groups is 1. The molecule has 0 fully saturated rings. The molecule has 2 aromatic heterocycles. The van der Waals surface area contributed by atoms with Gasteiger partial charge in [0.15, 0.2) is 11.3 Å². The standard InChI is InChI=1S/C26H18N2O5/c1-32-22-8-4-5-17-15-19(33-24(17)22)13-14-23-27-21-7-3-2-6-20(21)25(29)28(23)18-11-9-16(10-12-18)26(30)31/h2-15H,1H3,(H,30,31)/b14-13+. The van der Waals surface area contributed by atoms with E-state index in [4.69, 9.17) is 9.15 Å². The largest absolute Gasteiger partial charge is 0.493 e. The van der Waals surface area contributed by atoms with E-state index in [1.54, 1.807) is 49.6 Å². The number of benzene rings is 3. The Bertz CT molecular complexity index is 1590. The number of carboxylic acids is 1. The molecule has 7 heteroatoms. The zero-order valence-corrected chi connectivity index (χ0v) is 17.6. The molecule has 162 valence electrons. The Hall–Kier alpha value is -4.65. The van der Waals surface area contributed by atoms with Gasteiger partial charge in [-0.1, -0.05) is 24.3 Å². The Morgan fingerprint density at radius 2 is 1.82 bits per heavy atom. The lowest BCUT2D eigenvalue weighted by molar-refractivity contribution is 0.0697. The van der Waals surface area contributed by atoms with E-state index >= 15 is 0 Å². The molecule has 0 radical (unpaired) electrons. The number of aromatic nitrogens is 2. The number of rotatable bonds is 5. The SMILES string of the molecule is COc1cccc2cc(/C=C/c3nc4ccccc4c(=O)n3-c3ccc(C(=O)O)cc3)oc12. The van der Waals surface area contributed by atoms with Gasteiger partial charge < -0.3 is 14.3 Å². The van der Waals surface area contributed by atoms with Gasteiger partial charge in [-0.05, 0) is 60.7 Å². The molecule has 1 N–H and O–H groups in total. The summed E-state index contributed by atoms with van der Waals surface area (Å²) in [7, 11) is 1.58. The number of nitrogens with zero attached hydrogens (tertiary/aromatic N) is 2. The van der Waals surface area contributed by atoms with Crippen molar-refractivity contribution in [2.75, 3.05) is 7.11 Å². The summed E-state index contributed by atoms with van der Waals surface area (Å²) in [5, 5.41) is 10.5. The van der Waals surface area contributed by atoms with Crippen molar-refractivity contribution in [3.63, 3.8) is 0 Å². The minimum atomic E-state index is -1.04. The van der Waals surface area contributed by atoms with Crippen LogP contribution in [0, 0.1) is 0 Å². The van der Waals surface area contributed by atoms with Crippen LogP contribution >= 0.6 is 0 Å². The van der Waals surface area contributed by atoms with Crippen molar-refractivity contribution < 1.29 is 19.1 Å². The fourth-order valence-corrected chi connectivity index (χ4v) is 3.72. The van der Waals surface area contributed by atoms with Crippen molar-refractivity contribution in [2.45, 2.75) is 0 Å². The molecule has 3 aromatic carbocycles. The molecule has 0 atom stereocenters. The first-order valence-corrected chi connectivity index (χ1v) is 10.2. The molecule has 0 saturated carbocycles. The first-order chi connectivity index (χ1) is 16.0. The fourth-order valence-electron chi connectivity index (χ4n) is 3.72. The molecular formula is C26H18N2O5. The second-order valence-corrected chi connectivity index (χ2v) is 7.34. The predicted molar refractivity (Wildman–Crippen MR) is 126 cm³/mol. The third kappa shape index (κ3) is 3.65. The number of aromatic carboxylic acids is 1. The highest BCUT2D eigenvalue weighted by Crippen LogP contribution is 2.29. The average molecular weight is 438 g/mol. The highest BCUT2D eigenvalue weighted by molar-refractivity contribution is 5.88. The lowest BCUT2D eigenvalue weighted by atomic mass is 10.2. The maximum atomic E-state index is 13.3. The Kier molecular flexibility index (Phi) is 4.99. The molecule has 0 saturated heterocycles. The Balaban J connectivity index is 1.66. The van der Waals surface area contributed by atoms with Crippen LogP contribution in [0.1, 0.15) is 21.9 Å². The average Bonchev–Trinajstić information content (AvgIpc) is 3.26. The topological polar surface area (TPSA) is 94.6 Å². The second-order valence-electron chi connectivity index (χ2n) is 7.34. The van der Waals surface area contributed by atoms with Crippen molar-refractivity contribution >= 4 is 40.0 Å². The van der Waals surface area contributed by atoms with E-state index in [-0.39, 0.29) is 11.1 Å². The smallest absolute Gasteiger partial charge is 0.335 e. The van der Waals surface area contributed by atoms with Crippen LogP contribution in [0.5, 0.6) is 5.75 Å². The van der Waals surface area contributed by atoms with Crippen LogP contribution in [0.15, 0.2) is 82.0 Å². The van der Waals surface area contributed by atoms with Crippen molar-refractivity contribution in [2.24, 2.45) is 0 Å². The van der Waals surface area contributed by atoms with Gasteiger partial charge in [-0.3, -0.25) is 9.36 Å². The molecule has 5 rings (SSSR count). The molecule has 0 spiro atoms. The number of furan rings is 1. The van der Waals surface area contributed by atoms with Crippen molar-refractivity contribution in [1.29, 1.82) is 0 Å². The second kappa shape index (κ2) is 8.12. The van der Waals surface area contributed by atoms with Crippen molar-refractivity contribution in [1.82, 2.24) is 9.55 Å². The first-order valence-electron chi connectivity index (χ1n) is 10.2. The molecule has 2 heterocycles. The molecule has 0 aliphatic heterocycles. The van der Waals surface area contributed by atoms with Crippen LogP contribution in [-0.4, -0.2) is 27.7 Å². The number of ether oxygens (including phenoxy) is 1. The highest BCUT2D eigenvalue weighted by atomic mass is 16.5. The maximum Gasteiger partial charge on any atom is 0.335 e. The fraction of sp³-hybridized carbons (Fsp3) is 0.0385. The van der Waals surface area contributed by atoms with Gasteiger partial charge in [0.25, 0.3) is 5.56 Å². The number of para-hydroxylation sites is 2. The highest BCUT2D eigenvalue weighted by Gasteiger charge is 2.13. The molecule has 0 aliphatic rings. The van der Waals surface area contributed by atoms with Gasteiger partial charge >= 0.3 is 5.97 Å². The third-order valence-electron chi connectivity index (χ3n) is 5.32. The Labute approximate surface area is 187 Å². The molecule has 7 nitrogen and oxygen atoms in total.